The van der Waals surface area contributed by atoms with Crippen LogP contribution in [0.5, 0.6) is 5.75 Å². The van der Waals surface area contributed by atoms with Gasteiger partial charge in [-0.3, -0.25) is 4.79 Å². The zero-order valence-corrected chi connectivity index (χ0v) is 19.8. The van der Waals surface area contributed by atoms with E-state index in [0.29, 0.717) is 31.0 Å². The first-order chi connectivity index (χ1) is 16.2. The molecule has 0 unspecified atom stereocenters. The molecular weight excluding hydrogens is 438 g/mol. The lowest BCUT2D eigenvalue weighted by molar-refractivity contribution is 0.0680. The summed E-state index contributed by atoms with van der Waals surface area (Å²) in [7, 11) is 3.23. The van der Waals surface area contributed by atoms with Crippen LogP contribution in [0.15, 0.2) is 59.1 Å². The number of amides is 1. The molecule has 7 nitrogen and oxygen atoms in total. The van der Waals surface area contributed by atoms with Crippen molar-refractivity contribution in [1.82, 2.24) is 10.1 Å². The molecular formula is C25H29N3O4S. The number of aromatic nitrogens is 1. The second-order valence-corrected chi connectivity index (χ2v) is 8.96. The third-order valence-electron chi connectivity index (χ3n) is 5.63. The molecule has 0 bridgehead atoms. The van der Waals surface area contributed by atoms with Crippen molar-refractivity contribution in [2.24, 2.45) is 0 Å². The summed E-state index contributed by atoms with van der Waals surface area (Å²) < 4.78 is 16.5. The lowest BCUT2D eigenvalue weighted by Crippen LogP contribution is -2.36. The Morgan fingerprint density at radius 3 is 2.64 bits per heavy atom. The van der Waals surface area contributed by atoms with E-state index in [1.807, 2.05) is 54.2 Å². The molecule has 0 radical (unpaired) electrons. The van der Waals surface area contributed by atoms with Gasteiger partial charge >= 0.3 is 0 Å². The van der Waals surface area contributed by atoms with E-state index in [2.05, 4.69) is 10.1 Å². The first kappa shape index (κ1) is 23.2. The average molecular weight is 468 g/mol. The third-order valence-corrected chi connectivity index (χ3v) is 6.57. The number of hydrogen-bond acceptors (Lipinski definition) is 7. The number of hydrogen-bond donors (Lipinski definition) is 0. The zero-order chi connectivity index (χ0) is 23.0. The minimum atomic E-state index is -0.0914. The maximum atomic E-state index is 13.5. The molecule has 2 aromatic carbocycles. The Morgan fingerprint density at radius 2 is 1.91 bits per heavy atom. The highest BCUT2D eigenvalue weighted by Crippen LogP contribution is 2.34. The molecule has 0 atom stereocenters. The van der Waals surface area contributed by atoms with E-state index in [-0.39, 0.29) is 5.91 Å². The molecule has 1 amide bonds. The maximum Gasteiger partial charge on any atom is 0.254 e. The molecule has 2 heterocycles. The minimum absolute atomic E-state index is 0.0914. The number of methoxy groups -OCH3 is 2. The van der Waals surface area contributed by atoms with Gasteiger partial charge in [-0.2, -0.15) is 11.8 Å². The Balaban J connectivity index is 1.70. The van der Waals surface area contributed by atoms with Crippen LogP contribution < -0.4 is 9.64 Å². The molecule has 0 saturated carbocycles. The van der Waals surface area contributed by atoms with Gasteiger partial charge in [0.15, 0.2) is 0 Å². The fourth-order valence-electron chi connectivity index (χ4n) is 3.86. The summed E-state index contributed by atoms with van der Waals surface area (Å²) in [4.78, 5) is 17.6. The van der Waals surface area contributed by atoms with Crippen molar-refractivity contribution in [2.45, 2.75) is 6.54 Å². The van der Waals surface area contributed by atoms with Crippen molar-refractivity contribution in [3.05, 3.63) is 65.7 Å². The molecule has 1 fully saturated rings. The fraction of sp³-hybridized carbons (Fsp3) is 0.360. The molecule has 4 rings (SSSR count). The van der Waals surface area contributed by atoms with E-state index in [1.165, 1.54) is 0 Å². The van der Waals surface area contributed by atoms with Crippen molar-refractivity contribution in [3.8, 4) is 17.0 Å². The van der Waals surface area contributed by atoms with Gasteiger partial charge in [0, 0.05) is 49.4 Å². The lowest BCUT2D eigenvalue weighted by Gasteiger charge is -2.28. The van der Waals surface area contributed by atoms with E-state index in [0.717, 1.165) is 47.3 Å². The Labute approximate surface area is 198 Å². The summed E-state index contributed by atoms with van der Waals surface area (Å²) in [5.74, 6) is 3.38. The van der Waals surface area contributed by atoms with Crippen LogP contribution >= 0.6 is 11.8 Å². The molecule has 1 saturated heterocycles. The van der Waals surface area contributed by atoms with Gasteiger partial charge in [0.1, 0.15) is 11.4 Å². The molecule has 0 N–H and O–H groups in total. The van der Waals surface area contributed by atoms with Crippen LogP contribution in [0.25, 0.3) is 11.3 Å². The van der Waals surface area contributed by atoms with Crippen LogP contribution in [-0.4, -0.2) is 67.9 Å². The van der Waals surface area contributed by atoms with Crippen LogP contribution in [0.4, 0.5) is 5.88 Å². The Hall–Kier alpha value is -2.97. The van der Waals surface area contributed by atoms with Crippen molar-refractivity contribution in [1.29, 1.82) is 0 Å². The normalized spacial score (nSPS) is 13.7. The quantitative estimate of drug-likeness (QED) is 0.467. The highest BCUT2D eigenvalue weighted by Gasteiger charge is 2.27. The summed E-state index contributed by atoms with van der Waals surface area (Å²) >= 11 is 1.94. The molecule has 3 aromatic rings. The van der Waals surface area contributed by atoms with Gasteiger partial charge in [-0.1, -0.05) is 41.6 Å². The van der Waals surface area contributed by atoms with E-state index < -0.39 is 0 Å². The first-order valence-electron chi connectivity index (χ1n) is 11.0. The van der Waals surface area contributed by atoms with Gasteiger partial charge in [-0.05, 0) is 18.2 Å². The molecule has 1 aliphatic heterocycles. The number of ether oxygens (including phenoxy) is 2. The monoisotopic (exact) mass is 467 g/mol. The fourth-order valence-corrected chi connectivity index (χ4v) is 4.77. The SMILES string of the molecule is COCCN(Cc1c(-c2ccccc2)noc1N1CCSCC1)C(=O)c1cccc(OC)c1. The van der Waals surface area contributed by atoms with Gasteiger partial charge in [-0.15, -0.1) is 0 Å². The summed E-state index contributed by atoms with van der Waals surface area (Å²) in [6.45, 7) is 3.02. The number of carbonyl (C=O) groups excluding carboxylic acids is 1. The number of anilines is 1. The largest absolute Gasteiger partial charge is 0.497 e. The maximum absolute atomic E-state index is 13.5. The molecule has 33 heavy (non-hydrogen) atoms. The van der Waals surface area contributed by atoms with E-state index >= 15 is 0 Å². The highest BCUT2D eigenvalue weighted by molar-refractivity contribution is 7.99. The molecule has 8 heteroatoms. The van der Waals surface area contributed by atoms with Crippen LogP contribution in [-0.2, 0) is 11.3 Å². The van der Waals surface area contributed by atoms with Gasteiger partial charge in [-0.25, -0.2) is 0 Å². The van der Waals surface area contributed by atoms with Gasteiger partial charge in [0.25, 0.3) is 5.91 Å². The van der Waals surface area contributed by atoms with Gasteiger partial charge in [0.2, 0.25) is 5.88 Å². The molecule has 1 aliphatic rings. The second-order valence-electron chi connectivity index (χ2n) is 7.73. The molecule has 0 aliphatic carbocycles. The zero-order valence-electron chi connectivity index (χ0n) is 19.0. The Bertz CT molecular complexity index is 1050. The molecule has 1 aromatic heterocycles. The van der Waals surface area contributed by atoms with E-state index in [4.69, 9.17) is 14.0 Å². The molecule has 174 valence electrons. The number of benzene rings is 2. The Morgan fingerprint density at radius 1 is 1.12 bits per heavy atom. The van der Waals surface area contributed by atoms with Crippen molar-refractivity contribution in [3.63, 3.8) is 0 Å². The smallest absolute Gasteiger partial charge is 0.254 e. The summed E-state index contributed by atoms with van der Waals surface area (Å²) in [5, 5.41) is 4.44. The summed E-state index contributed by atoms with van der Waals surface area (Å²) in [6, 6.07) is 17.2. The number of thioether (sulfide) groups is 1. The van der Waals surface area contributed by atoms with E-state index in [9.17, 15) is 4.79 Å². The van der Waals surface area contributed by atoms with Crippen molar-refractivity contribution >= 4 is 23.6 Å². The standard InChI is InChI=1S/C25H29N3O4S/c1-30-14-11-28(24(29)20-9-6-10-21(17-20)31-2)18-22-23(19-7-4-3-5-8-19)26-32-25(22)27-12-15-33-16-13-27/h3-10,17H,11-16,18H2,1-2H3. The van der Waals surface area contributed by atoms with Crippen LogP contribution in [0, 0.1) is 0 Å². The van der Waals surface area contributed by atoms with Gasteiger partial charge in [0.05, 0.1) is 25.8 Å². The summed E-state index contributed by atoms with van der Waals surface area (Å²) in [5.41, 5.74) is 3.22. The average Bonchev–Trinajstić information content (AvgIpc) is 3.30. The van der Waals surface area contributed by atoms with Crippen molar-refractivity contribution < 1.29 is 18.8 Å². The summed E-state index contributed by atoms with van der Waals surface area (Å²) in [6.07, 6.45) is 0. The molecule has 0 spiro atoms. The van der Waals surface area contributed by atoms with Crippen LogP contribution in [0.2, 0.25) is 0 Å². The number of carbonyl (C=O) groups is 1. The number of nitrogens with zero attached hydrogens (tertiary/aromatic N) is 3. The Kier molecular flexibility index (Phi) is 7.91. The predicted octanol–water partition coefficient (Wildman–Crippen LogP) is 4.19. The predicted molar refractivity (Wildman–Crippen MR) is 131 cm³/mol. The van der Waals surface area contributed by atoms with Crippen LogP contribution in [0.1, 0.15) is 15.9 Å². The van der Waals surface area contributed by atoms with Crippen LogP contribution in [0.3, 0.4) is 0 Å². The number of rotatable bonds is 9. The van der Waals surface area contributed by atoms with Crippen molar-refractivity contribution in [2.75, 3.05) is 56.9 Å². The second kappa shape index (κ2) is 11.2. The lowest BCUT2D eigenvalue weighted by atomic mass is 10.1. The highest BCUT2D eigenvalue weighted by atomic mass is 32.2. The topological polar surface area (TPSA) is 68.0 Å². The third kappa shape index (κ3) is 5.51. The minimum Gasteiger partial charge on any atom is -0.497 e. The first-order valence-corrected chi connectivity index (χ1v) is 12.2. The van der Waals surface area contributed by atoms with Gasteiger partial charge < -0.3 is 23.8 Å². The van der Waals surface area contributed by atoms with E-state index in [1.54, 1.807) is 31.3 Å².